The summed E-state index contributed by atoms with van der Waals surface area (Å²) in [5.41, 5.74) is 0.808. The number of hydrogen-bond donors (Lipinski definition) is 2. The molecule has 0 unspecified atom stereocenters. The summed E-state index contributed by atoms with van der Waals surface area (Å²) in [6.45, 7) is 3.34. The molecule has 6 heteroatoms. The molecule has 2 heterocycles. The molecule has 22 heavy (non-hydrogen) atoms. The number of pyridine rings is 1. The molecule has 0 fully saturated rings. The van der Waals surface area contributed by atoms with Crippen molar-refractivity contribution in [2.24, 2.45) is 0 Å². The van der Waals surface area contributed by atoms with Crippen LogP contribution >= 0.6 is 11.3 Å². The average Bonchev–Trinajstić information content (AvgIpc) is 3.01. The summed E-state index contributed by atoms with van der Waals surface area (Å²) in [5, 5.41) is 7.66. The zero-order valence-corrected chi connectivity index (χ0v) is 13.4. The number of rotatable bonds is 6. The molecule has 0 spiro atoms. The maximum Gasteiger partial charge on any atom is 0.222 e. The van der Waals surface area contributed by atoms with E-state index in [0.29, 0.717) is 0 Å². The zero-order valence-electron chi connectivity index (χ0n) is 12.6. The van der Waals surface area contributed by atoms with Crippen molar-refractivity contribution in [1.82, 2.24) is 15.6 Å². The lowest BCUT2D eigenvalue weighted by Gasteiger charge is -2.18. The van der Waals surface area contributed by atoms with E-state index in [4.69, 9.17) is 0 Å². The van der Waals surface area contributed by atoms with Crippen molar-refractivity contribution in [3.8, 4) is 0 Å². The van der Waals surface area contributed by atoms with Gasteiger partial charge in [-0.15, -0.1) is 11.3 Å². The Morgan fingerprint density at radius 2 is 2.05 bits per heavy atom. The van der Waals surface area contributed by atoms with Gasteiger partial charge in [0.2, 0.25) is 11.8 Å². The van der Waals surface area contributed by atoms with E-state index in [0.717, 1.165) is 10.6 Å². The van der Waals surface area contributed by atoms with E-state index in [2.05, 4.69) is 15.6 Å². The number of nitrogens with zero attached hydrogens (tertiary/aromatic N) is 1. The largest absolute Gasteiger partial charge is 0.348 e. The van der Waals surface area contributed by atoms with Crippen LogP contribution in [0.4, 0.5) is 0 Å². The maximum atomic E-state index is 12.2. The highest BCUT2D eigenvalue weighted by atomic mass is 32.1. The minimum atomic E-state index is -0.298. The quantitative estimate of drug-likeness (QED) is 0.860. The summed E-state index contributed by atoms with van der Waals surface area (Å²) in [4.78, 5) is 28.7. The minimum absolute atomic E-state index is 0.120. The lowest BCUT2D eigenvalue weighted by molar-refractivity contribution is -0.123. The van der Waals surface area contributed by atoms with E-state index in [1.807, 2.05) is 42.6 Å². The molecule has 2 N–H and O–H groups in total. The highest BCUT2D eigenvalue weighted by molar-refractivity contribution is 7.10. The van der Waals surface area contributed by atoms with Crippen molar-refractivity contribution in [3.63, 3.8) is 0 Å². The Bertz CT molecular complexity index is 614. The molecule has 0 saturated heterocycles. The molecule has 2 aromatic rings. The zero-order chi connectivity index (χ0) is 15.9. The van der Waals surface area contributed by atoms with Crippen molar-refractivity contribution in [3.05, 3.63) is 52.5 Å². The number of carbonyl (C=O) groups is 2. The highest BCUT2D eigenvalue weighted by Gasteiger charge is 2.19. The molecule has 0 radical (unpaired) electrons. The second-order valence-electron chi connectivity index (χ2n) is 5.02. The molecule has 0 aliphatic rings. The third-order valence-electron chi connectivity index (χ3n) is 3.16. The topological polar surface area (TPSA) is 71.1 Å². The molecule has 5 nitrogen and oxygen atoms in total. The highest BCUT2D eigenvalue weighted by Crippen LogP contribution is 2.22. The monoisotopic (exact) mass is 317 g/mol. The fraction of sp³-hybridized carbons (Fsp3) is 0.312. The number of aromatic nitrogens is 1. The predicted molar refractivity (Wildman–Crippen MR) is 86.3 cm³/mol. The predicted octanol–water partition coefficient (Wildman–Crippen LogP) is 2.59. The fourth-order valence-corrected chi connectivity index (χ4v) is 2.93. The third-order valence-corrected chi connectivity index (χ3v) is 4.15. The van der Waals surface area contributed by atoms with E-state index in [9.17, 15) is 9.59 Å². The maximum absolute atomic E-state index is 12.2. The van der Waals surface area contributed by atoms with Crippen molar-refractivity contribution < 1.29 is 9.59 Å². The Labute approximate surface area is 133 Å². The second-order valence-corrected chi connectivity index (χ2v) is 6.00. The Morgan fingerprint density at radius 1 is 1.23 bits per heavy atom. The van der Waals surface area contributed by atoms with E-state index in [1.165, 1.54) is 18.3 Å². The van der Waals surface area contributed by atoms with Gasteiger partial charge in [-0.2, -0.15) is 0 Å². The van der Waals surface area contributed by atoms with Crippen LogP contribution in [0, 0.1) is 0 Å². The summed E-state index contributed by atoms with van der Waals surface area (Å²) in [6, 6.07) is 8.95. The SMILES string of the molecule is CC(=O)N[C@H](CC(=O)N[C@@H](C)c1ccccn1)c1cccs1. The first-order valence-electron chi connectivity index (χ1n) is 7.07. The van der Waals surface area contributed by atoms with E-state index >= 15 is 0 Å². The normalized spacial score (nSPS) is 13.2. The van der Waals surface area contributed by atoms with Gasteiger partial charge in [0.1, 0.15) is 0 Å². The van der Waals surface area contributed by atoms with Crippen LogP contribution in [0.3, 0.4) is 0 Å². The van der Waals surface area contributed by atoms with Crippen molar-refractivity contribution in [2.45, 2.75) is 32.4 Å². The number of nitrogens with one attached hydrogen (secondary N) is 2. The molecule has 116 valence electrons. The number of amides is 2. The van der Waals surface area contributed by atoms with Gasteiger partial charge in [0, 0.05) is 18.0 Å². The van der Waals surface area contributed by atoms with Crippen molar-refractivity contribution >= 4 is 23.2 Å². The third kappa shape index (κ3) is 4.66. The van der Waals surface area contributed by atoms with Crippen LogP contribution in [0.15, 0.2) is 41.9 Å². The summed E-state index contributed by atoms with van der Waals surface area (Å²) in [7, 11) is 0. The Morgan fingerprint density at radius 3 is 2.64 bits per heavy atom. The molecule has 0 bridgehead atoms. The van der Waals surface area contributed by atoms with Crippen LogP contribution in [0.1, 0.15) is 42.9 Å². The van der Waals surface area contributed by atoms with Gasteiger partial charge in [0.15, 0.2) is 0 Å². The lowest BCUT2D eigenvalue weighted by Crippen LogP contribution is -2.33. The molecule has 2 atom stereocenters. The number of thiophene rings is 1. The molecule has 2 aromatic heterocycles. The molecule has 0 aliphatic heterocycles. The van der Waals surface area contributed by atoms with Crippen LogP contribution in [0.2, 0.25) is 0 Å². The van der Waals surface area contributed by atoms with Crippen LogP contribution in [0.5, 0.6) is 0 Å². The van der Waals surface area contributed by atoms with Gasteiger partial charge in [-0.3, -0.25) is 14.6 Å². The van der Waals surface area contributed by atoms with Gasteiger partial charge in [-0.1, -0.05) is 12.1 Å². The molecular formula is C16H19N3O2S. The molecule has 0 saturated carbocycles. The molecule has 2 rings (SSSR count). The van der Waals surface area contributed by atoms with E-state index < -0.39 is 0 Å². The van der Waals surface area contributed by atoms with Crippen LogP contribution in [-0.4, -0.2) is 16.8 Å². The van der Waals surface area contributed by atoms with Crippen molar-refractivity contribution in [2.75, 3.05) is 0 Å². The standard InChI is InChI=1S/C16H19N3O2S/c1-11(13-6-3-4-8-17-13)18-16(21)10-14(19-12(2)20)15-7-5-9-22-15/h3-9,11,14H,10H2,1-2H3,(H,18,21)(H,19,20)/t11-,14+/m0/s1. The Balaban J connectivity index is 1.98. The molecule has 0 aliphatic carbocycles. The number of carbonyl (C=O) groups excluding carboxylic acids is 2. The fourth-order valence-electron chi connectivity index (χ4n) is 2.15. The molecule has 0 aromatic carbocycles. The van der Waals surface area contributed by atoms with Gasteiger partial charge >= 0.3 is 0 Å². The van der Waals surface area contributed by atoms with Gasteiger partial charge in [-0.05, 0) is 30.5 Å². The lowest BCUT2D eigenvalue weighted by atomic mass is 10.1. The summed E-state index contributed by atoms with van der Waals surface area (Å²) in [6.07, 6.45) is 1.90. The van der Waals surface area contributed by atoms with Gasteiger partial charge in [0.25, 0.3) is 0 Å². The minimum Gasteiger partial charge on any atom is -0.348 e. The first-order valence-corrected chi connectivity index (χ1v) is 7.95. The Kier molecular flexibility index (Phi) is 5.66. The van der Waals surface area contributed by atoms with E-state index in [1.54, 1.807) is 6.20 Å². The summed E-state index contributed by atoms with van der Waals surface area (Å²) in [5.74, 6) is -0.269. The van der Waals surface area contributed by atoms with Crippen LogP contribution in [0.25, 0.3) is 0 Å². The van der Waals surface area contributed by atoms with Gasteiger partial charge in [0.05, 0.1) is 24.2 Å². The van der Waals surface area contributed by atoms with Crippen molar-refractivity contribution in [1.29, 1.82) is 0 Å². The Hall–Kier alpha value is -2.21. The first kappa shape index (κ1) is 16.2. The second kappa shape index (κ2) is 7.70. The summed E-state index contributed by atoms with van der Waals surface area (Å²) >= 11 is 1.52. The number of hydrogen-bond acceptors (Lipinski definition) is 4. The molecule has 2 amide bonds. The van der Waals surface area contributed by atoms with Crippen LogP contribution in [-0.2, 0) is 9.59 Å². The first-order chi connectivity index (χ1) is 10.6. The summed E-state index contributed by atoms with van der Waals surface area (Å²) < 4.78 is 0. The van der Waals surface area contributed by atoms with E-state index in [-0.39, 0.29) is 30.3 Å². The van der Waals surface area contributed by atoms with Crippen LogP contribution < -0.4 is 10.6 Å². The smallest absolute Gasteiger partial charge is 0.222 e. The average molecular weight is 317 g/mol. The van der Waals surface area contributed by atoms with Gasteiger partial charge in [-0.25, -0.2) is 0 Å². The molecular weight excluding hydrogens is 298 g/mol. The van der Waals surface area contributed by atoms with Gasteiger partial charge < -0.3 is 10.6 Å².